The van der Waals surface area contributed by atoms with Crippen LogP contribution in [-0.4, -0.2) is 18.2 Å². The molecule has 1 heterocycles. The summed E-state index contributed by atoms with van der Waals surface area (Å²) in [5, 5.41) is 3.98. The van der Waals surface area contributed by atoms with Crippen LogP contribution in [0.1, 0.15) is 38.4 Å². The second-order valence-electron chi connectivity index (χ2n) is 5.27. The van der Waals surface area contributed by atoms with Crippen LogP contribution < -0.4 is 4.72 Å². The highest BCUT2D eigenvalue weighted by Crippen LogP contribution is 2.19. The van der Waals surface area contributed by atoms with Gasteiger partial charge in [-0.15, -0.1) is 0 Å². The van der Waals surface area contributed by atoms with Crippen molar-refractivity contribution in [2.24, 2.45) is 0 Å². The lowest BCUT2D eigenvalue weighted by atomic mass is 10.1. The summed E-state index contributed by atoms with van der Waals surface area (Å²) in [5.41, 5.74) is 0.332. The van der Waals surface area contributed by atoms with Crippen LogP contribution in [0.15, 0.2) is 35.5 Å². The van der Waals surface area contributed by atoms with Gasteiger partial charge >= 0.3 is 0 Å². The molecule has 22 heavy (non-hydrogen) atoms. The Morgan fingerprint density at radius 3 is 2.41 bits per heavy atom. The lowest BCUT2D eigenvalue weighted by Gasteiger charge is -2.14. The third kappa shape index (κ3) is 3.50. The summed E-state index contributed by atoms with van der Waals surface area (Å²) in [7, 11) is -3.79. The molecule has 0 fully saturated rings. The number of hydrogen-bond acceptors (Lipinski definition) is 3. The Morgan fingerprint density at radius 1 is 1.18 bits per heavy atom. The van der Waals surface area contributed by atoms with Gasteiger partial charge in [0.25, 0.3) is 0 Å². The van der Waals surface area contributed by atoms with Gasteiger partial charge in [-0.05, 0) is 38.5 Å². The molecule has 2 rings (SSSR count). The van der Waals surface area contributed by atoms with Gasteiger partial charge < -0.3 is 0 Å². The van der Waals surface area contributed by atoms with Gasteiger partial charge in [-0.25, -0.2) is 21.9 Å². The molecule has 0 amide bonds. The summed E-state index contributed by atoms with van der Waals surface area (Å²) < 4.78 is 54.6. The first-order valence-electron chi connectivity index (χ1n) is 6.72. The molecule has 0 saturated carbocycles. The summed E-state index contributed by atoms with van der Waals surface area (Å²) in [6.45, 7) is 5.30. The van der Waals surface area contributed by atoms with Crippen molar-refractivity contribution in [1.29, 1.82) is 0 Å². The molecule has 0 bridgehead atoms. The smallest absolute Gasteiger partial charge is 0.244 e. The molecule has 8 heteroatoms. The zero-order chi connectivity index (χ0) is 16.5. The molecule has 1 aromatic heterocycles. The summed E-state index contributed by atoms with van der Waals surface area (Å²) in [6.07, 6.45) is 2.67. The van der Waals surface area contributed by atoms with E-state index in [2.05, 4.69) is 9.82 Å². The van der Waals surface area contributed by atoms with Crippen molar-refractivity contribution < 1.29 is 17.2 Å². The van der Waals surface area contributed by atoms with Crippen molar-refractivity contribution in [3.8, 4) is 0 Å². The van der Waals surface area contributed by atoms with E-state index in [0.29, 0.717) is 5.56 Å². The molecule has 0 aliphatic heterocycles. The largest absolute Gasteiger partial charge is 0.269 e. The first-order chi connectivity index (χ1) is 10.2. The van der Waals surface area contributed by atoms with Gasteiger partial charge in [0.2, 0.25) is 10.0 Å². The van der Waals surface area contributed by atoms with Crippen LogP contribution in [-0.2, 0) is 10.0 Å². The third-order valence-electron chi connectivity index (χ3n) is 3.19. The van der Waals surface area contributed by atoms with E-state index in [1.54, 1.807) is 6.92 Å². The van der Waals surface area contributed by atoms with E-state index < -0.39 is 27.7 Å². The van der Waals surface area contributed by atoms with Gasteiger partial charge in [0.05, 0.1) is 6.20 Å². The molecule has 1 unspecified atom stereocenters. The number of nitrogens with zero attached hydrogens (tertiary/aromatic N) is 2. The molecule has 0 aliphatic rings. The van der Waals surface area contributed by atoms with Gasteiger partial charge in [-0.2, -0.15) is 5.10 Å². The van der Waals surface area contributed by atoms with Crippen LogP contribution in [0.5, 0.6) is 0 Å². The summed E-state index contributed by atoms with van der Waals surface area (Å²) in [4.78, 5) is 0.0237. The molecular formula is C14H17F2N3O2S. The Bertz CT molecular complexity index is 772. The molecule has 5 nitrogen and oxygen atoms in total. The van der Waals surface area contributed by atoms with E-state index in [0.717, 1.165) is 12.1 Å². The van der Waals surface area contributed by atoms with Crippen LogP contribution in [0.3, 0.4) is 0 Å². The van der Waals surface area contributed by atoms with Gasteiger partial charge in [0.1, 0.15) is 4.90 Å². The van der Waals surface area contributed by atoms with Crippen molar-refractivity contribution >= 4 is 10.0 Å². The van der Waals surface area contributed by atoms with Crippen molar-refractivity contribution in [2.45, 2.75) is 37.8 Å². The highest BCUT2D eigenvalue weighted by Gasteiger charge is 2.21. The number of nitrogens with one attached hydrogen (secondary N) is 1. The van der Waals surface area contributed by atoms with Crippen molar-refractivity contribution in [3.63, 3.8) is 0 Å². The van der Waals surface area contributed by atoms with Crippen molar-refractivity contribution in [1.82, 2.24) is 14.5 Å². The van der Waals surface area contributed by atoms with Gasteiger partial charge in [-0.1, -0.05) is 6.07 Å². The first-order valence-corrected chi connectivity index (χ1v) is 8.20. The molecule has 0 spiro atoms. The second-order valence-corrected chi connectivity index (χ2v) is 6.98. The number of benzene rings is 1. The van der Waals surface area contributed by atoms with Crippen LogP contribution in [0.2, 0.25) is 0 Å². The summed E-state index contributed by atoms with van der Waals surface area (Å²) in [5.74, 6) is -1.99. The molecule has 0 radical (unpaired) electrons. The first kappa shape index (κ1) is 16.6. The maximum atomic E-state index is 13.2. The zero-order valence-corrected chi connectivity index (χ0v) is 13.2. The monoisotopic (exact) mass is 329 g/mol. The van der Waals surface area contributed by atoms with E-state index in [9.17, 15) is 17.2 Å². The summed E-state index contributed by atoms with van der Waals surface area (Å²) in [6, 6.07) is 2.60. The Morgan fingerprint density at radius 2 is 1.86 bits per heavy atom. The van der Waals surface area contributed by atoms with Crippen molar-refractivity contribution in [2.75, 3.05) is 0 Å². The van der Waals surface area contributed by atoms with Crippen LogP contribution in [0.25, 0.3) is 0 Å². The fourth-order valence-electron chi connectivity index (χ4n) is 1.89. The molecule has 0 aliphatic carbocycles. The fraction of sp³-hybridized carbons (Fsp3) is 0.357. The Balaban J connectivity index is 2.21. The number of sulfonamides is 1. The van der Waals surface area contributed by atoms with Crippen LogP contribution in [0, 0.1) is 11.6 Å². The molecule has 2 aromatic rings. The Kier molecular flexibility index (Phi) is 4.62. The van der Waals surface area contributed by atoms with E-state index in [4.69, 9.17) is 0 Å². The van der Waals surface area contributed by atoms with Crippen LogP contribution in [0.4, 0.5) is 8.78 Å². The van der Waals surface area contributed by atoms with Crippen LogP contribution >= 0.6 is 0 Å². The Labute approximate surface area is 128 Å². The number of aromatic nitrogens is 2. The lowest BCUT2D eigenvalue weighted by Crippen LogP contribution is -2.26. The molecule has 1 atom stereocenters. The highest BCUT2D eigenvalue weighted by atomic mass is 32.2. The predicted octanol–water partition coefficient (Wildman–Crippen LogP) is 2.78. The average Bonchev–Trinajstić information content (AvgIpc) is 2.92. The van der Waals surface area contributed by atoms with E-state index in [1.165, 1.54) is 23.1 Å². The fourth-order valence-corrected chi connectivity index (χ4v) is 3.06. The third-order valence-corrected chi connectivity index (χ3v) is 4.69. The molecule has 120 valence electrons. The zero-order valence-electron chi connectivity index (χ0n) is 12.4. The number of rotatable bonds is 5. The standard InChI is InChI=1S/C14H17F2N3O2S/c1-9(2)19-8-12(7-17-19)22(20,21)18-10(3)11-4-5-13(15)14(16)6-11/h4-10,18H,1-3H3. The Hall–Kier alpha value is -1.80. The normalized spacial score (nSPS) is 13.5. The maximum absolute atomic E-state index is 13.2. The predicted molar refractivity (Wildman–Crippen MR) is 77.7 cm³/mol. The maximum Gasteiger partial charge on any atom is 0.244 e. The molecule has 1 aromatic carbocycles. The SMILES string of the molecule is CC(NS(=O)(=O)c1cnn(C(C)C)c1)c1ccc(F)c(F)c1. The molecular weight excluding hydrogens is 312 g/mol. The number of halogens is 2. The number of hydrogen-bond donors (Lipinski definition) is 1. The van der Waals surface area contributed by atoms with Crippen molar-refractivity contribution in [3.05, 3.63) is 47.8 Å². The lowest BCUT2D eigenvalue weighted by molar-refractivity contribution is 0.504. The van der Waals surface area contributed by atoms with E-state index >= 15 is 0 Å². The minimum atomic E-state index is -3.79. The molecule has 0 saturated heterocycles. The van der Waals surface area contributed by atoms with E-state index in [-0.39, 0.29) is 10.9 Å². The molecule has 1 N–H and O–H groups in total. The summed E-state index contributed by atoms with van der Waals surface area (Å²) >= 11 is 0. The highest BCUT2D eigenvalue weighted by molar-refractivity contribution is 7.89. The van der Waals surface area contributed by atoms with Gasteiger partial charge in [0.15, 0.2) is 11.6 Å². The van der Waals surface area contributed by atoms with Gasteiger partial charge in [-0.3, -0.25) is 4.68 Å². The quantitative estimate of drug-likeness (QED) is 0.917. The second kappa shape index (κ2) is 6.13. The minimum absolute atomic E-state index is 0.0237. The average molecular weight is 329 g/mol. The minimum Gasteiger partial charge on any atom is -0.269 e. The van der Waals surface area contributed by atoms with E-state index in [1.807, 2.05) is 13.8 Å². The van der Waals surface area contributed by atoms with Gasteiger partial charge in [0, 0.05) is 18.3 Å². The topological polar surface area (TPSA) is 64.0 Å².